The van der Waals surface area contributed by atoms with Gasteiger partial charge < -0.3 is 10.1 Å². The minimum atomic E-state index is -0.560. The second kappa shape index (κ2) is 9.12. The maximum Gasteiger partial charge on any atom is 0.238 e. The summed E-state index contributed by atoms with van der Waals surface area (Å²) in [7, 11) is 1.58. The maximum atomic E-state index is 12.7. The SMILES string of the molecule is CCN1C(=O)CC(C(=O)Nc2ccc(OC)cc2)SC1=Nc1cccc(Cl)c1. The number of halogens is 1. The first-order valence-electron chi connectivity index (χ1n) is 8.76. The van der Waals surface area contributed by atoms with Crippen molar-refractivity contribution in [3.63, 3.8) is 0 Å². The van der Waals surface area contributed by atoms with Crippen molar-refractivity contribution in [1.29, 1.82) is 0 Å². The molecule has 1 aliphatic heterocycles. The topological polar surface area (TPSA) is 71.0 Å². The normalized spacial score (nSPS) is 18.2. The van der Waals surface area contributed by atoms with E-state index in [2.05, 4.69) is 10.3 Å². The van der Waals surface area contributed by atoms with Crippen LogP contribution in [0.15, 0.2) is 53.5 Å². The van der Waals surface area contributed by atoms with Gasteiger partial charge in [0.25, 0.3) is 0 Å². The summed E-state index contributed by atoms with van der Waals surface area (Å²) in [5.74, 6) is 0.338. The van der Waals surface area contributed by atoms with E-state index in [9.17, 15) is 9.59 Å². The summed E-state index contributed by atoms with van der Waals surface area (Å²) in [5, 5.41) is 3.34. The van der Waals surface area contributed by atoms with Crippen LogP contribution in [0.1, 0.15) is 13.3 Å². The number of carbonyl (C=O) groups is 2. The monoisotopic (exact) mass is 417 g/mol. The Bertz CT molecular complexity index is 902. The predicted octanol–water partition coefficient (Wildman–Crippen LogP) is 4.33. The Morgan fingerprint density at radius 1 is 1.32 bits per heavy atom. The summed E-state index contributed by atoms with van der Waals surface area (Å²) in [6.07, 6.45) is 0.120. The Balaban J connectivity index is 1.78. The van der Waals surface area contributed by atoms with Crippen LogP contribution in [0.3, 0.4) is 0 Å². The van der Waals surface area contributed by atoms with Gasteiger partial charge in [0.15, 0.2) is 5.17 Å². The summed E-state index contributed by atoms with van der Waals surface area (Å²) in [4.78, 5) is 31.4. The van der Waals surface area contributed by atoms with E-state index in [1.165, 1.54) is 11.8 Å². The maximum absolute atomic E-state index is 12.7. The number of aliphatic imine (C=N–C) groups is 1. The van der Waals surface area contributed by atoms with Crippen molar-refractivity contribution in [2.24, 2.45) is 4.99 Å². The highest BCUT2D eigenvalue weighted by molar-refractivity contribution is 8.15. The highest BCUT2D eigenvalue weighted by Crippen LogP contribution is 2.30. The van der Waals surface area contributed by atoms with Crippen molar-refractivity contribution in [2.75, 3.05) is 19.0 Å². The molecule has 3 rings (SSSR count). The van der Waals surface area contributed by atoms with Crippen molar-refractivity contribution >= 4 is 51.7 Å². The minimum Gasteiger partial charge on any atom is -0.497 e. The summed E-state index contributed by atoms with van der Waals surface area (Å²) >= 11 is 7.30. The number of ether oxygens (including phenoxy) is 1. The third-order valence-corrected chi connectivity index (χ3v) is 5.56. The van der Waals surface area contributed by atoms with Crippen molar-refractivity contribution in [1.82, 2.24) is 4.90 Å². The predicted molar refractivity (Wildman–Crippen MR) is 114 cm³/mol. The van der Waals surface area contributed by atoms with Crippen LogP contribution in [0.25, 0.3) is 0 Å². The van der Waals surface area contributed by atoms with Crippen LogP contribution >= 0.6 is 23.4 Å². The van der Waals surface area contributed by atoms with Gasteiger partial charge in [0.05, 0.1) is 12.8 Å². The van der Waals surface area contributed by atoms with Gasteiger partial charge in [-0.25, -0.2) is 4.99 Å². The van der Waals surface area contributed by atoms with Crippen LogP contribution in [-0.4, -0.2) is 40.8 Å². The zero-order valence-corrected chi connectivity index (χ0v) is 17.1. The lowest BCUT2D eigenvalue weighted by Crippen LogP contribution is -2.45. The number of hydrogen-bond acceptors (Lipinski definition) is 5. The van der Waals surface area contributed by atoms with E-state index in [4.69, 9.17) is 16.3 Å². The number of rotatable bonds is 5. The summed E-state index contributed by atoms with van der Waals surface area (Å²) in [6.45, 7) is 2.36. The molecule has 1 unspecified atom stereocenters. The Hall–Kier alpha value is -2.51. The number of benzene rings is 2. The molecule has 2 aromatic rings. The standard InChI is InChI=1S/C20H20ClN3O3S/c1-3-24-18(25)12-17(19(26)22-14-7-9-16(27-2)10-8-14)28-20(24)23-15-6-4-5-13(21)11-15/h4-11,17H,3,12H2,1-2H3,(H,22,26). The van der Waals surface area contributed by atoms with Crippen LogP contribution in [-0.2, 0) is 9.59 Å². The quantitative estimate of drug-likeness (QED) is 0.786. The second-order valence-corrected chi connectivity index (χ2v) is 7.65. The van der Waals surface area contributed by atoms with Gasteiger partial charge in [-0.1, -0.05) is 29.4 Å². The van der Waals surface area contributed by atoms with Crippen molar-refractivity contribution in [2.45, 2.75) is 18.6 Å². The smallest absolute Gasteiger partial charge is 0.238 e. The van der Waals surface area contributed by atoms with E-state index in [1.807, 2.05) is 6.92 Å². The number of hydrogen-bond donors (Lipinski definition) is 1. The number of nitrogens with zero attached hydrogens (tertiary/aromatic N) is 2. The Labute approximate surface area is 172 Å². The Morgan fingerprint density at radius 2 is 2.07 bits per heavy atom. The molecule has 0 aliphatic carbocycles. The Kier molecular flexibility index (Phi) is 6.59. The molecule has 2 amide bonds. The van der Waals surface area contributed by atoms with Gasteiger partial charge in [-0.05, 0) is 49.4 Å². The van der Waals surface area contributed by atoms with Crippen LogP contribution in [0.4, 0.5) is 11.4 Å². The highest BCUT2D eigenvalue weighted by atomic mass is 35.5. The molecule has 1 atom stereocenters. The van der Waals surface area contributed by atoms with Crippen LogP contribution < -0.4 is 10.1 Å². The first kappa shape index (κ1) is 20.2. The van der Waals surface area contributed by atoms with Crippen LogP contribution in [0.2, 0.25) is 5.02 Å². The van der Waals surface area contributed by atoms with Gasteiger partial charge >= 0.3 is 0 Å². The number of carbonyl (C=O) groups excluding carboxylic acids is 2. The van der Waals surface area contributed by atoms with E-state index in [-0.39, 0.29) is 18.2 Å². The largest absolute Gasteiger partial charge is 0.497 e. The fourth-order valence-electron chi connectivity index (χ4n) is 2.71. The molecule has 0 aromatic heterocycles. The third-order valence-electron chi connectivity index (χ3n) is 4.14. The lowest BCUT2D eigenvalue weighted by Gasteiger charge is -2.30. The molecule has 146 valence electrons. The molecule has 0 bridgehead atoms. The van der Waals surface area contributed by atoms with Crippen LogP contribution in [0, 0.1) is 0 Å². The number of anilines is 1. The van der Waals surface area contributed by atoms with Crippen molar-refractivity contribution < 1.29 is 14.3 Å². The molecule has 0 radical (unpaired) electrons. The molecular formula is C20H20ClN3O3S. The van der Waals surface area contributed by atoms with E-state index >= 15 is 0 Å². The summed E-state index contributed by atoms with van der Waals surface area (Å²) in [5.41, 5.74) is 1.28. The van der Waals surface area contributed by atoms with Gasteiger partial charge in [0, 0.05) is 23.7 Å². The average molecular weight is 418 g/mol. The first-order valence-corrected chi connectivity index (χ1v) is 10.0. The van der Waals surface area contributed by atoms with Gasteiger partial charge in [-0.15, -0.1) is 0 Å². The molecule has 0 spiro atoms. The van der Waals surface area contributed by atoms with Crippen LogP contribution in [0.5, 0.6) is 5.75 Å². The summed E-state index contributed by atoms with van der Waals surface area (Å²) in [6, 6.07) is 14.1. The van der Waals surface area contributed by atoms with E-state index in [0.29, 0.717) is 33.9 Å². The van der Waals surface area contributed by atoms with Gasteiger partial charge in [0.1, 0.15) is 11.0 Å². The molecule has 1 aliphatic rings. The van der Waals surface area contributed by atoms with Crippen molar-refractivity contribution in [3.8, 4) is 5.75 Å². The lowest BCUT2D eigenvalue weighted by atomic mass is 10.2. The molecule has 8 heteroatoms. The molecule has 28 heavy (non-hydrogen) atoms. The fraction of sp³-hybridized carbons (Fsp3) is 0.250. The molecule has 6 nitrogen and oxygen atoms in total. The molecule has 1 saturated heterocycles. The number of amides is 2. The average Bonchev–Trinajstić information content (AvgIpc) is 2.68. The Morgan fingerprint density at radius 3 is 2.71 bits per heavy atom. The lowest BCUT2D eigenvalue weighted by molar-refractivity contribution is -0.129. The number of nitrogens with one attached hydrogen (secondary N) is 1. The second-order valence-electron chi connectivity index (χ2n) is 6.04. The highest BCUT2D eigenvalue weighted by Gasteiger charge is 2.35. The van der Waals surface area contributed by atoms with Gasteiger partial charge in [-0.2, -0.15) is 0 Å². The number of amidine groups is 1. The zero-order chi connectivity index (χ0) is 20.1. The molecular weight excluding hydrogens is 398 g/mol. The minimum absolute atomic E-state index is 0.120. The molecule has 0 saturated carbocycles. The van der Waals surface area contributed by atoms with Gasteiger partial charge in [-0.3, -0.25) is 14.5 Å². The fourth-order valence-corrected chi connectivity index (χ4v) is 4.05. The van der Waals surface area contributed by atoms with Crippen molar-refractivity contribution in [3.05, 3.63) is 53.6 Å². The summed E-state index contributed by atoms with van der Waals surface area (Å²) < 4.78 is 5.12. The molecule has 1 N–H and O–H groups in total. The van der Waals surface area contributed by atoms with E-state index < -0.39 is 5.25 Å². The zero-order valence-electron chi connectivity index (χ0n) is 15.5. The third kappa shape index (κ3) is 4.85. The van der Waals surface area contributed by atoms with E-state index in [1.54, 1.807) is 60.5 Å². The molecule has 1 fully saturated rings. The van der Waals surface area contributed by atoms with Gasteiger partial charge in [0.2, 0.25) is 11.8 Å². The first-order chi connectivity index (χ1) is 13.5. The number of methoxy groups -OCH3 is 1. The van der Waals surface area contributed by atoms with E-state index in [0.717, 1.165) is 0 Å². The molecule has 1 heterocycles. The molecule has 2 aromatic carbocycles. The number of thioether (sulfide) groups is 1.